The fourth-order valence-corrected chi connectivity index (χ4v) is 3.65. The van der Waals surface area contributed by atoms with Crippen LogP contribution < -0.4 is 15.4 Å². The van der Waals surface area contributed by atoms with Crippen molar-refractivity contribution in [1.29, 1.82) is 5.26 Å². The predicted octanol–water partition coefficient (Wildman–Crippen LogP) is 5.42. The second kappa shape index (κ2) is 12.5. The molecule has 0 spiro atoms. The molecule has 0 saturated carbocycles. The molecule has 3 aromatic carbocycles. The Kier molecular flexibility index (Phi) is 9.19. The lowest BCUT2D eigenvalue weighted by Crippen LogP contribution is -2.21. The number of aryl methyl sites for hydroxylation is 2. The number of methoxy groups -OCH3 is 1. The number of benzene rings is 3. The summed E-state index contributed by atoms with van der Waals surface area (Å²) in [7, 11) is 1.28. The Morgan fingerprint density at radius 2 is 1.73 bits per heavy atom. The molecule has 188 valence electrons. The summed E-state index contributed by atoms with van der Waals surface area (Å²) in [6.45, 7) is 3.57. The van der Waals surface area contributed by atoms with E-state index in [2.05, 4.69) is 31.3 Å². The van der Waals surface area contributed by atoms with E-state index in [0.717, 1.165) is 11.1 Å². The van der Waals surface area contributed by atoms with Crippen LogP contribution in [0.1, 0.15) is 27.0 Å². The smallest absolute Gasteiger partial charge is 0.337 e. The molecular formula is C28H24BrN3O5. The number of nitrogens with zero attached hydrogens (tertiary/aromatic N) is 1. The van der Waals surface area contributed by atoms with Crippen LogP contribution in [0.15, 0.2) is 70.7 Å². The lowest BCUT2D eigenvalue weighted by atomic mass is 10.1. The van der Waals surface area contributed by atoms with Gasteiger partial charge in [-0.05, 0) is 79.6 Å². The summed E-state index contributed by atoms with van der Waals surface area (Å²) in [4.78, 5) is 36.8. The molecule has 9 heteroatoms. The highest BCUT2D eigenvalue weighted by Gasteiger charge is 2.14. The van der Waals surface area contributed by atoms with E-state index in [1.165, 1.54) is 37.5 Å². The van der Waals surface area contributed by atoms with Crippen LogP contribution in [0.4, 0.5) is 11.4 Å². The Labute approximate surface area is 223 Å². The number of amides is 2. The van der Waals surface area contributed by atoms with E-state index in [0.29, 0.717) is 32.7 Å². The van der Waals surface area contributed by atoms with Gasteiger partial charge in [0, 0.05) is 21.4 Å². The lowest BCUT2D eigenvalue weighted by Gasteiger charge is -2.12. The molecule has 0 atom stereocenters. The second-order valence-electron chi connectivity index (χ2n) is 8.03. The van der Waals surface area contributed by atoms with E-state index >= 15 is 0 Å². The fourth-order valence-electron chi connectivity index (χ4n) is 3.27. The van der Waals surface area contributed by atoms with Gasteiger partial charge in [0.2, 0.25) is 0 Å². The fraction of sp³-hybridized carbons (Fsp3) is 0.143. The van der Waals surface area contributed by atoms with Crippen molar-refractivity contribution >= 4 is 51.2 Å². The van der Waals surface area contributed by atoms with Crippen LogP contribution in [0.3, 0.4) is 0 Å². The van der Waals surface area contributed by atoms with Crippen molar-refractivity contribution in [1.82, 2.24) is 0 Å². The molecule has 3 aromatic rings. The highest BCUT2D eigenvalue weighted by atomic mass is 79.9. The zero-order valence-corrected chi connectivity index (χ0v) is 22.0. The largest absolute Gasteiger partial charge is 0.483 e. The van der Waals surface area contributed by atoms with Crippen molar-refractivity contribution in [3.8, 4) is 11.8 Å². The standard InChI is InChI=1S/C28H24BrN3O5/c1-17-4-5-18(2)24(12-17)32-26(33)16-37-25-11-8-22(29)14-20(25)13-21(15-30)27(34)31-23-9-6-19(7-10-23)28(35)36-3/h4-14H,16H2,1-3H3,(H,31,34)(H,32,33)/b21-13-. The number of rotatable bonds is 8. The number of halogens is 1. The Morgan fingerprint density at radius 1 is 1.00 bits per heavy atom. The van der Waals surface area contributed by atoms with E-state index in [1.54, 1.807) is 18.2 Å². The Bertz CT molecular complexity index is 1410. The highest BCUT2D eigenvalue weighted by molar-refractivity contribution is 9.10. The van der Waals surface area contributed by atoms with Gasteiger partial charge < -0.3 is 20.1 Å². The number of hydrogen-bond donors (Lipinski definition) is 2. The van der Waals surface area contributed by atoms with Gasteiger partial charge in [-0.1, -0.05) is 28.1 Å². The van der Waals surface area contributed by atoms with Crippen LogP contribution in [0.25, 0.3) is 6.08 Å². The number of carbonyl (C=O) groups is 3. The van der Waals surface area contributed by atoms with Crippen molar-refractivity contribution in [2.24, 2.45) is 0 Å². The molecule has 0 saturated heterocycles. The topological polar surface area (TPSA) is 118 Å². The molecule has 2 N–H and O–H groups in total. The first kappa shape index (κ1) is 27.2. The zero-order valence-electron chi connectivity index (χ0n) is 20.4. The van der Waals surface area contributed by atoms with Crippen molar-refractivity contribution in [2.75, 3.05) is 24.4 Å². The Morgan fingerprint density at radius 3 is 2.41 bits per heavy atom. The lowest BCUT2D eigenvalue weighted by molar-refractivity contribution is -0.118. The van der Waals surface area contributed by atoms with Gasteiger partial charge in [0.15, 0.2) is 6.61 Å². The van der Waals surface area contributed by atoms with E-state index in [9.17, 15) is 19.6 Å². The molecule has 8 nitrogen and oxygen atoms in total. The maximum Gasteiger partial charge on any atom is 0.337 e. The summed E-state index contributed by atoms with van der Waals surface area (Å²) >= 11 is 3.38. The third-order valence-electron chi connectivity index (χ3n) is 5.23. The summed E-state index contributed by atoms with van der Waals surface area (Å²) < 4.78 is 11.1. The second-order valence-corrected chi connectivity index (χ2v) is 8.95. The molecule has 0 heterocycles. The van der Waals surface area contributed by atoms with Gasteiger partial charge in [-0.25, -0.2) is 4.79 Å². The minimum atomic E-state index is -0.646. The minimum absolute atomic E-state index is 0.181. The van der Waals surface area contributed by atoms with Crippen molar-refractivity contribution in [3.05, 3.63) is 93.0 Å². The average molecular weight is 562 g/mol. The SMILES string of the molecule is COC(=O)c1ccc(NC(=O)/C(C#N)=C\c2cc(Br)ccc2OCC(=O)Nc2cc(C)ccc2C)cc1. The molecule has 2 amide bonds. The van der Waals surface area contributed by atoms with Crippen molar-refractivity contribution in [3.63, 3.8) is 0 Å². The Hall–Kier alpha value is -4.42. The van der Waals surface area contributed by atoms with Crippen LogP contribution in [0.2, 0.25) is 0 Å². The van der Waals surface area contributed by atoms with Gasteiger partial charge in [-0.15, -0.1) is 0 Å². The molecule has 0 aliphatic carbocycles. The normalized spacial score (nSPS) is 10.7. The number of hydrogen-bond acceptors (Lipinski definition) is 6. The van der Waals surface area contributed by atoms with Gasteiger partial charge in [0.1, 0.15) is 17.4 Å². The number of ether oxygens (including phenoxy) is 2. The molecule has 3 rings (SSSR count). The van der Waals surface area contributed by atoms with Crippen LogP contribution in [-0.2, 0) is 14.3 Å². The number of nitrogens with one attached hydrogen (secondary N) is 2. The minimum Gasteiger partial charge on any atom is -0.483 e. The first-order valence-electron chi connectivity index (χ1n) is 11.1. The number of esters is 1. The van der Waals surface area contributed by atoms with Gasteiger partial charge in [-0.2, -0.15) is 5.26 Å². The van der Waals surface area contributed by atoms with E-state index < -0.39 is 11.9 Å². The number of carbonyl (C=O) groups excluding carboxylic acids is 3. The molecule has 37 heavy (non-hydrogen) atoms. The third kappa shape index (κ3) is 7.53. The van der Waals surface area contributed by atoms with Gasteiger partial charge in [0.05, 0.1) is 12.7 Å². The van der Waals surface area contributed by atoms with Gasteiger partial charge in [0.25, 0.3) is 11.8 Å². The van der Waals surface area contributed by atoms with Gasteiger partial charge >= 0.3 is 5.97 Å². The van der Waals surface area contributed by atoms with E-state index in [-0.39, 0.29) is 18.1 Å². The van der Waals surface area contributed by atoms with Crippen LogP contribution >= 0.6 is 15.9 Å². The van der Waals surface area contributed by atoms with Crippen molar-refractivity contribution in [2.45, 2.75) is 13.8 Å². The molecule has 0 unspecified atom stereocenters. The monoisotopic (exact) mass is 561 g/mol. The van der Waals surface area contributed by atoms with Crippen LogP contribution in [0.5, 0.6) is 5.75 Å². The highest BCUT2D eigenvalue weighted by Crippen LogP contribution is 2.26. The molecule has 0 fully saturated rings. The summed E-state index contributed by atoms with van der Waals surface area (Å²) in [5.41, 5.74) is 3.62. The maximum atomic E-state index is 12.7. The molecular weight excluding hydrogens is 538 g/mol. The van der Waals surface area contributed by atoms with Crippen LogP contribution in [-0.4, -0.2) is 31.5 Å². The van der Waals surface area contributed by atoms with E-state index in [1.807, 2.05) is 38.1 Å². The number of anilines is 2. The molecule has 0 aliphatic rings. The van der Waals surface area contributed by atoms with Crippen LogP contribution in [0, 0.1) is 25.2 Å². The summed E-state index contributed by atoms with van der Waals surface area (Å²) in [6.07, 6.45) is 1.38. The van der Waals surface area contributed by atoms with Crippen molar-refractivity contribution < 1.29 is 23.9 Å². The molecule has 0 bridgehead atoms. The zero-order chi connectivity index (χ0) is 26.9. The first-order chi connectivity index (χ1) is 17.7. The predicted molar refractivity (Wildman–Crippen MR) is 144 cm³/mol. The first-order valence-corrected chi connectivity index (χ1v) is 11.9. The van der Waals surface area contributed by atoms with E-state index in [4.69, 9.17) is 4.74 Å². The molecule has 0 radical (unpaired) electrons. The maximum absolute atomic E-state index is 12.7. The molecule has 0 aromatic heterocycles. The average Bonchev–Trinajstić information content (AvgIpc) is 2.88. The number of nitriles is 1. The van der Waals surface area contributed by atoms with Gasteiger partial charge in [-0.3, -0.25) is 9.59 Å². The summed E-state index contributed by atoms with van der Waals surface area (Å²) in [6, 6.07) is 18.7. The Balaban J connectivity index is 1.74. The summed E-state index contributed by atoms with van der Waals surface area (Å²) in [5.74, 6) is -1.17. The third-order valence-corrected chi connectivity index (χ3v) is 5.72. The quantitative estimate of drug-likeness (QED) is 0.215. The molecule has 0 aliphatic heterocycles. The summed E-state index contributed by atoms with van der Waals surface area (Å²) in [5, 5.41) is 15.1.